The van der Waals surface area contributed by atoms with Gasteiger partial charge in [0.15, 0.2) is 5.96 Å². The molecule has 1 aliphatic heterocycles. The lowest BCUT2D eigenvalue weighted by Crippen LogP contribution is -2.48. The number of morpholine rings is 1. The van der Waals surface area contributed by atoms with E-state index in [1.165, 1.54) is 5.56 Å². The van der Waals surface area contributed by atoms with Crippen molar-refractivity contribution in [2.24, 2.45) is 12.0 Å². The zero-order chi connectivity index (χ0) is 19.1. The lowest BCUT2D eigenvalue weighted by molar-refractivity contribution is -0.00801. The number of methoxy groups -OCH3 is 1. The van der Waals surface area contributed by atoms with Gasteiger partial charge in [0.05, 0.1) is 26.5 Å². The highest BCUT2D eigenvalue weighted by molar-refractivity contribution is 14.0. The van der Waals surface area contributed by atoms with Gasteiger partial charge < -0.3 is 19.7 Å². The van der Waals surface area contributed by atoms with Crippen LogP contribution in [-0.2, 0) is 18.2 Å². The van der Waals surface area contributed by atoms with Crippen molar-refractivity contribution in [3.8, 4) is 5.75 Å². The first-order valence-electron chi connectivity index (χ1n) is 9.38. The third-order valence-electron chi connectivity index (χ3n) is 4.73. The lowest BCUT2D eigenvalue weighted by Gasteiger charge is -2.34. The van der Waals surface area contributed by atoms with E-state index in [4.69, 9.17) is 9.47 Å². The van der Waals surface area contributed by atoms with E-state index in [1.807, 2.05) is 43.3 Å². The van der Waals surface area contributed by atoms with E-state index in [2.05, 4.69) is 32.4 Å². The van der Waals surface area contributed by atoms with Crippen LogP contribution in [0.2, 0.25) is 0 Å². The van der Waals surface area contributed by atoms with Gasteiger partial charge in [-0.3, -0.25) is 9.67 Å². The Labute approximate surface area is 184 Å². The third-order valence-corrected chi connectivity index (χ3v) is 4.73. The molecule has 2 aromatic rings. The Balaban J connectivity index is 0.00000280. The number of benzene rings is 1. The average Bonchev–Trinajstić information content (AvgIpc) is 3.15. The van der Waals surface area contributed by atoms with Crippen molar-refractivity contribution in [3.63, 3.8) is 0 Å². The van der Waals surface area contributed by atoms with E-state index in [1.54, 1.807) is 7.11 Å². The molecule has 0 aliphatic carbocycles. The molecular formula is C20H30IN5O2. The second-order valence-electron chi connectivity index (χ2n) is 6.68. The van der Waals surface area contributed by atoms with Crippen LogP contribution in [0.5, 0.6) is 5.75 Å². The molecule has 8 heteroatoms. The van der Waals surface area contributed by atoms with Crippen LogP contribution < -0.4 is 10.1 Å². The zero-order valence-corrected chi connectivity index (χ0v) is 19.1. The maximum absolute atomic E-state index is 5.92. The summed E-state index contributed by atoms with van der Waals surface area (Å²) in [7, 11) is 5.46. The van der Waals surface area contributed by atoms with Crippen molar-refractivity contribution >= 4 is 29.9 Å². The summed E-state index contributed by atoms with van der Waals surface area (Å²) in [5.74, 6) is 1.84. The van der Waals surface area contributed by atoms with Gasteiger partial charge in [0, 0.05) is 38.9 Å². The van der Waals surface area contributed by atoms with Crippen molar-refractivity contribution in [2.45, 2.75) is 18.9 Å². The predicted molar refractivity (Wildman–Crippen MR) is 122 cm³/mol. The number of aromatic nitrogens is 2. The topological polar surface area (TPSA) is 63.9 Å². The fraction of sp³-hybridized carbons (Fsp3) is 0.500. The highest BCUT2D eigenvalue weighted by Crippen LogP contribution is 2.21. The van der Waals surface area contributed by atoms with E-state index >= 15 is 0 Å². The van der Waals surface area contributed by atoms with Gasteiger partial charge in [-0.2, -0.15) is 5.10 Å². The van der Waals surface area contributed by atoms with E-state index in [9.17, 15) is 0 Å². The third kappa shape index (κ3) is 6.10. The molecule has 1 unspecified atom stereocenters. The number of nitrogens with zero attached hydrogens (tertiary/aromatic N) is 4. The van der Waals surface area contributed by atoms with Crippen molar-refractivity contribution in [3.05, 3.63) is 47.8 Å². The van der Waals surface area contributed by atoms with Crippen molar-refractivity contribution in [2.75, 3.05) is 40.4 Å². The average molecular weight is 499 g/mol. The van der Waals surface area contributed by atoms with Crippen LogP contribution in [0.15, 0.2) is 41.7 Å². The van der Waals surface area contributed by atoms with Gasteiger partial charge in [0.25, 0.3) is 0 Å². The Kier molecular flexibility index (Phi) is 9.04. The maximum atomic E-state index is 5.92. The quantitative estimate of drug-likeness (QED) is 0.287. The van der Waals surface area contributed by atoms with E-state index in [0.29, 0.717) is 6.61 Å². The molecule has 1 fully saturated rings. The summed E-state index contributed by atoms with van der Waals surface area (Å²) in [6.45, 7) is 3.18. The highest BCUT2D eigenvalue weighted by atomic mass is 127. The summed E-state index contributed by atoms with van der Waals surface area (Å²) in [5.41, 5.74) is 2.39. The van der Waals surface area contributed by atoms with Gasteiger partial charge in [0.2, 0.25) is 0 Å². The van der Waals surface area contributed by atoms with Crippen LogP contribution in [0.3, 0.4) is 0 Å². The van der Waals surface area contributed by atoms with Gasteiger partial charge in [-0.15, -0.1) is 24.0 Å². The van der Waals surface area contributed by atoms with E-state index in [0.717, 1.165) is 49.7 Å². The molecule has 0 spiro atoms. The normalized spacial score (nSPS) is 17.2. The Morgan fingerprint density at radius 1 is 1.43 bits per heavy atom. The molecule has 1 aromatic heterocycles. The number of hydrogen-bond acceptors (Lipinski definition) is 4. The second-order valence-corrected chi connectivity index (χ2v) is 6.68. The number of ether oxygens (including phenoxy) is 2. The molecule has 1 N–H and O–H groups in total. The van der Waals surface area contributed by atoms with Crippen molar-refractivity contribution in [1.82, 2.24) is 20.0 Å². The van der Waals surface area contributed by atoms with E-state index < -0.39 is 0 Å². The van der Waals surface area contributed by atoms with Crippen LogP contribution in [0.4, 0.5) is 0 Å². The molecule has 1 aliphatic rings. The molecule has 2 heterocycles. The SMILES string of the molecule is CN=C(NCCCc1cccc(OC)c1)N1CCOC(c2cnn(C)c2)C1.I. The number of guanidine groups is 1. The van der Waals surface area contributed by atoms with Crippen LogP contribution >= 0.6 is 24.0 Å². The first kappa shape index (κ1) is 22.5. The minimum atomic E-state index is 0. The highest BCUT2D eigenvalue weighted by Gasteiger charge is 2.24. The Morgan fingerprint density at radius 2 is 2.29 bits per heavy atom. The number of aliphatic imine (C=N–C) groups is 1. The first-order chi connectivity index (χ1) is 13.2. The number of nitrogens with one attached hydrogen (secondary N) is 1. The predicted octanol–water partition coefficient (Wildman–Crippen LogP) is 2.63. The van der Waals surface area contributed by atoms with Crippen LogP contribution in [0.1, 0.15) is 23.7 Å². The number of rotatable bonds is 6. The zero-order valence-electron chi connectivity index (χ0n) is 16.8. The number of hydrogen-bond donors (Lipinski definition) is 1. The molecule has 0 bridgehead atoms. The first-order valence-corrected chi connectivity index (χ1v) is 9.38. The second kappa shape index (κ2) is 11.3. The van der Waals surface area contributed by atoms with Gasteiger partial charge in [-0.1, -0.05) is 12.1 Å². The molecular weight excluding hydrogens is 469 g/mol. The maximum Gasteiger partial charge on any atom is 0.193 e. The van der Waals surface area contributed by atoms with Gasteiger partial charge >= 0.3 is 0 Å². The monoisotopic (exact) mass is 499 g/mol. The molecule has 0 saturated carbocycles. The summed E-state index contributed by atoms with van der Waals surface area (Å²) in [6.07, 6.45) is 5.95. The van der Waals surface area contributed by atoms with Crippen LogP contribution in [0, 0.1) is 0 Å². The van der Waals surface area contributed by atoms with Crippen molar-refractivity contribution in [1.29, 1.82) is 0 Å². The fourth-order valence-corrected chi connectivity index (χ4v) is 3.30. The molecule has 3 rings (SSSR count). The summed E-state index contributed by atoms with van der Waals surface area (Å²) >= 11 is 0. The molecule has 7 nitrogen and oxygen atoms in total. The molecule has 1 aromatic carbocycles. The molecule has 0 amide bonds. The molecule has 28 heavy (non-hydrogen) atoms. The molecule has 0 radical (unpaired) electrons. The van der Waals surface area contributed by atoms with Gasteiger partial charge in [-0.25, -0.2) is 0 Å². The Bertz CT molecular complexity index is 765. The molecule has 1 saturated heterocycles. The molecule has 1 atom stereocenters. The summed E-state index contributed by atoms with van der Waals surface area (Å²) in [6, 6.07) is 8.24. The minimum Gasteiger partial charge on any atom is -0.497 e. The number of halogens is 1. The Hall–Kier alpha value is -1.81. The number of aryl methyl sites for hydroxylation is 2. The van der Waals surface area contributed by atoms with Gasteiger partial charge in [-0.05, 0) is 30.5 Å². The Morgan fingerprint density at radius 3 is 3.00 bits per heavy atom. The smallest absolute Gasteiger partial charge is 0.193 e. The standard InChI is InChI=1S/C20H29N5O2.HI/c1-21-20(22-9-5-7-16-6-4-8-18(12-16)26-3)25-10-11-27-19(15-25)17-13-23-24(2)14-17;/h4,6,8,12-14,19H,5,7,9-11,15H2,1-3H3,(H,21,22);1H. The van der Waals surface area contributed by atoms with Gasteiger partial charge in [0.1, 0.15) is 11.9 Å². The van der Waals surface area contributed by atoms with Crippen LogP contribution in [0.25, 0.3) is 0 Å². The van der Waals surface area contributed by atoms with Crippen LogP contribution in [-0.4, -0.2) is 61.0 Å². The largest absolute Gasteiger partial charge is 0.497 e. The minimum absolute atomic E-state index is 0. The summed E-state index contributed by atoms with van der Waals surface area (Å²) < 4.78 is 13.0. The summed E-state index contributed by atoms with van der Waals surface area (Å²) in [5, 5.41) is 7.73. The fourth-order valence-electron chi connectivity index (χ4n) is 3.30. The lowest BCUT2D eigenvalue weighted by atomic mass is 10.1. The van der Waals surface area contributed by atoms with E-state index in [-0.39, 0.29) is 30.1 Å². The summed E-state index contributed by atoms with van der Waals surface area (Å²) in [4.78, 5) is 6.71. The van der Waals surface area contributed by atoms with Crippen molar-refractivity contribution < 1.29 is 9.47 Å². The molecule has 154 valence electrons.